The predicted molar refractivity (Wildman–Crippen MR) is 143 cm³/mol. The number of nitrogens with zero attached hydrogens (tertiary/aromatic N) is 3. The molecular formula is C21H22BrN7O5S2. The zero-order chi connectivity index (χ0) is 26.3. The summed E-state index contributed by atoms with van der Waals surface area (Å²) in [4.78, 5) is 30.3. The van der Waals surface area contributed by atoms with Crippen molar-refractivity contribution < 1.29 is 18.1 Å². The molecule has 36 heavy (non-hydrogen) atoms. The number of nitro groups is 1. The molecule has 4 N–H and O–H groups in total. The average Bonchev–Trinajstić information content (AvgIpc) is 2.83. The van der Waals surface area contributed by atoms with Crippen molar-refractivity contribution in [1.29, 1.82) is 0 Å². The summed E-state index contributed by atoms with van der Waals surface area (Å²) >= 11 is 3.38. The quantitative estimate of drug-likeness (QED) is 0.112. The van der Waals surface area contributed by atoms with Crippen LogP contribution in [0.5, 0.6) is 0 Å². The Kier molecular flexibility index (Phi) is 9.08. The Hall–Kier alpha value is -3.40. The van der Waals surface area contributed by atoms with Gasteiger partial charge in [0.05, 0.1) is 14.3 Å². The van der Waals surface area contributed by atoms with Crippen LogP contribution in [0, 0.1) is 10.1 Å². The van der Waals surface area contributed by atoms with Gasteiger partial charge in [0.1, 0.15) is 5.82 Å². The Morgan fingerprint density at radius 3 is 2.42 bits per heavy atom. The Bertz CT molecular complexity index is 1380. The highest BCUT2D eigenvalue weighted by atomic mass is 79.9. The van der Waals surface area contributed by atoms with Gasteiger partial charge >= 0.3 is 0 Å². The highest BCUT2D eigenvalue weighted by Crippen LogP contribution is 2.27. The maximum absolute atomic E-state index is 12.6. The second-order valence-electron chi connectivity index (χ2n) is 7.18. The van der Waals surface area contributed by atoms with Crippen LogP contribution in [0.25, 0.3) is 0 Å². The molecule has 3 aromatic rings. The number of aromatic nitrogens is 2. The molecule has 0 bridgehead atoms. The van der Waals surface area contributed by atoms with Crippen molar-refractivity contribution in [3.63, 3.8) is 0 Å². The molecule has 1 aromatic heterocycles. The van der Waals surface area contributed by atoms with E-state index in [0.29, 0.717) is 39.9 Å². The predicted octanol–water partition coefficient (Wildman–Crippen LogP) is 3.39. The molecule has 0 saturated carbocycles. The Morgan fingerprint density at radius 2 is 1.81 bits per heavy atom. The number of carbonyl (C=O) groups is 1. The van der Waals surface area contributed by atoms with Gasteiger partial charge in [0, 0.05) is 48.9 Å². The third-order valence-electron chi connectivity index (χ3n) is 4.50. The number of hydrogen-bond donors (Lipinski definition) is 4. The summed E-state index contributed by atoms with van der Waals surface area (Å²) in [6.45, 7) is 2.36. The Balaban J connectivity index is 1.63. The van der Waals surface area contributed by atoms with Gasteiger partial charge in [-0.25, -0.2) is 13.4 Å². The van der Waals surface area contributed by atoms with Crippen molar-refractivity contribution in [2.24, 2.45) is 0 Å². The topological polar surface area (TPSA) is 168 Å². The molecule has 1 heterocycles. The number of hydrogen-bond acceptors (Lipinski definition) is 9. The number of benzene rings is 2. The van der Waals surface area contributed by atoms with E-state index >= 15 is 0 Å². The monoisotopic (exact) mass is 595 g/mol. The molecule has 0 spiro atoms. The number of rotatable bonds is 11. The summed E-state index contributed by atoms with van der Waals surface area (Å²) in [5, 5.41) is 19.6. The third kappa shape index (κ3) is 7.55. The highest BCUT2D eigenvalue weighted by molar-refractivity contribution is 9.10. The second-order valence-corrected chi connectivity index (χ2v) is 11.4. The van der Waals surface area contributed by atoms with Crippen LogP contribution in [0.2, 0.25) is 0 Å². The van der Waals surface area contributed by atoms with Gasteiger partial charge in [-0.2, -0.15) is 9.11 Å². The highest BCUT2D eigenvalue weighted by Gasteiger charge is 2.17. The van der Waals surface area contributed by atoms with Crippen molar-refractivity contribution >= 4 is 71.5 Å². The molecule has 0 radical (unpaired) electrons. The number of anilines is 3. The molecule has 12 nitrogen and oxygen atoms in total. The van der Waals surface area contributed by atoms with Crippen molar-refractivity contribution in [2.45, 2.75) is 16.7 Å². The first-order valence-corrected chi connectivity index (χ1v) is 13.9. The van der Waals surface area contributed by atoms with E-state index in [2.05, 4.69) is 51.8 Å². The van der Waals surface area contributed by atoms with Crippen molar-refractivity contribution in [3.8, 4) is 0 Å². The van der Waals surface area contributed by atoms with Crippen LogP contribution in [0.1, 0.15) is 6.92 Å². The summed E-state index contributed by atoms with van der Waals surface area (Å²) in [5.41, 5.74) is 0.466. The van der Waals surface area contributed by atoms with E-state index in [9.17, 15) is 23.3 Å². The minimum atomic E-state index is -3.93. The number of nitro benzene ring substituents is 1. The van der Waals surface area contributed by atoms with E-state index in [1.807, 2.05) is 0 Å². The van der Waals surface area contributed by atoms with Crippen molar-refractivity contribution in [2.75, 3.05) is 23.7 Å². The van der Waals surface area contributed by atoms with Gasteiger partial charge in [-0.1, -0.05) is 16.5 Å². The molecule has 1 amide bonds. The number of non-ortho nitro benzene ring substituents is 1. The molecule has 0 aliphatic carbocycles. The van der Waals surface area contributed by atoms with Crippen molar-refractivity contribution in [1.82, 2.24) is 19.4 Å². The van der Waals surface area contributed by atoms with Gasteiger partial charge in [-0.3, -0.25) is 14.9 Å². The third-order valence-corrected chi connectivity index (χ3v) is 8.50. The normalized spacial score (nSPS) is 11.9. The van der Waals surface area contributed by atoms with E-state index in [-0.39, 0.29) is 16.5 Å². The lowest BCUT2D eigenvalue weighted by atomic mass is 10.3. The minimum absolute atomic E-state index is 0.0959. The molecule has 190 valence electrons. The van der Waals surface area contributed by atoms with Gasteiger partial charge in [0.2, 0.25) is 21.9 Å². The van der Waals surface area contributed by atoms with Crippen LogP contribution in [-0.2, 0) is 14.8 Å². The maximum atomic E-state index is 12.6. The molecule has 0 aliphatic rings. The molecule has 0 aliphatic heterocycles. The van der Waals surface area contributed by atoms with E-state index in [4.69, 9.17) is 0 Å². The molecule has 15 heteroatoms. The number of nitrogens with one attached hydrogen (secondary N) is 4. The lowest BCUT2D eigenvalue weighted by Crippen LogP contribution is -2.26. The smallest absolute Gasteiger partial charge is 0.269 e. The first-order chi connectivity index (χ1) is 17.0. The largest absolute Gasteiger partial charge is 0.367 e. The molecule has 0 saturated heterocycles. The fraction of sp³-hybridized carbons (Fsp3) is 0.143. The standard InChI is InChI=1S/C21H22BrN7O5S2/c1-14(30)23-11-12-24-20-19(22)13-25-21(27-20)26-15-3-7-17(8-4-15)35(2)28-36(33,34)18-9-5-16(6-10-18)29(31)32/h3-10,13,28H,2,11-12H2,1H3,(H,23,30)(H2,24,25,26,27). The Labute approximate surface area is 218 Å². The summed E-state index contributed by atoms with van der Waals surface area (Å²) in [6.07, 6.45) is 1.59. The van der Waals surface area contributed by atoms with E-state index in [0.717, 1.165) is 12.1 Å². The van der Waals surface area contributed by atoms with Gasteiger partial charge < -0.3 is 16.0 Å². The van der Waals surface area contributed by atoms with Crippen LogP contribution in [0.4, 0.5) is 23.1 Å². The molecule has 1 unspecified atom stereocenters. The van der Waals surface area contributed by atoms with E-state index in [1.54, 1.807) is 30.5 Å². The summed E-state index contributed by atoms with van der Waals surface area (Å²) in [7, 11) is -5.04. The molecule has 0 fully saturated rings. The molecular weight excluding hydrogens is 574 g/mol. The molecule has 1 atom stereocenters. The number of carbonyl (C=O) groups excluding carboxylic acids is 1. The SMILES string of the molecule is C=S(NS(=O)(=O)c1ccc([N+](=O)[O-])cc1)c1ccc(Nc2ncc(Br)c(NCCNC(C)=O)n2)cc1. The van der Waals surface area contributed by atoms with Gasteiger partial charge in [-0.15, -0.1) is 0 Å². The first-order valence-electron chi connectivity index (χ1n) is 10.2. The van der Waals surface area contributed by atoms with Gasteiger partial charge in [0.15, 0.2) is 0 Å². The summed E-state index contributed by atoms with van der Waals surface area (Å²) in [5.74, 6) is 4.66. The maximum Gasteiger partial charge on any atom is 0.269 e. The van der Waals surface area contributed by atoms with Crippen LogP contribution in [0.15, 0.2) is 69.0 Å². The first kappa shape index (κ1) is 27.2. The zero-order valence-electron chi connectivity index (χ0n) is 18.9. The van der Waals surface area contributed by atoms with Gasteiger partial charge in [0.25, 0.3) is 5.69 Å². The fourth-order valence-corrected chi connectivity index (χ4v) is 5.90. The van der Waals surface area contributed by atoms with Gasteiger partial charge in [-0.05, 0) is 52.3 Å². The van der Waals surface area contributed by atoms with E-state index < -0.39 is 25.6 Å². The average molecular weight is 596 g/mol. The lowest BCUT2D eigenvalue weighted by molar-refractivity contribution is -0.384. The second kappa shape index (κ2) is 12.0. The Morgan fingerprint density at radius 1 is 1.14 bits per heavy atom. The number of sulfonamides is 1. The summed E-state index contributed by atoms with van der Waals surface area (Å²) in [6, 6.07) is 11.5. The van der Waals surface area contributed by atoms with Crippen LogP contribution in [0.3, 0.4) is 0 Å². The van der Waals surface area contributed by atoms with E-state index in [1.165, 1.54) is 19.1 Å². The van der Waals surface area contributed by atoms with Crippen LogP contribution >= 0.6 is 26.6 Å². The summed E-state index contributed by atoms with van der Waals surface area (Å²) < 4.78 is 28.4. The molecule has 3 rings (SSSR count). The fourth-order valence-electron chi connectivity index (χ4n) is 2.78. The van der Waals surface area contributed by atoms with Crippen LogP contribution in [-0.4, -0.2) is 48.2 Å². The zero-order valence-corrected chi connectivity index (χ0v) is 22.1. The molecule has 2 aromatic carbocycles. The minimum Gasteiger partial charge on any atom is -0.367 e. The van der Waals surface area contributed by atoms with Crippen molar-refractivity contribution in [3.05, 3.63) is 69.3 Å². The number of amides is 1. The van der Waals surface area contributed by atoms with Crippen LogP contribution < -0.4 is 20.1 Å². The lowest BCUT2D eigenvalue weighted by Gasteiger charge is -2.12. The number of halogens is 1.